The zero-order valence-corrected chi connectivity index (χ0v) is 18.7. The molecule has 1 aliphatic heterocycles. The molecule has 0 radical (unpaired) electrons. The number of thioether (sulfide) groups is 1. The molecule has 5 nitrogen and oxygen atoms in total. The van der Waals surface area contributed by atoms with E-state index in [4.69, 9.17) is 16.6 Å². The lowest BCUT2D eigenvalue weighted by Gasteiger charge is -2.14. The predicted octanol–water partition coefficient (Wildman–Crippen LogP) is 5.73. The van der Waals surface area contributed by atoms with Crippen molar-refractivity contribution in [1.82, 2.24) is 9.88 Å². The molecule has 0 bridgehead atoms. The zero-order valence-electron chi connectivity index (χ0n) is 17.0. The van der Waals surface area contributed by atoms with Crippen LogP contribution in [-0.4, -0.2) is 39.4 Å². The monoisotopic (exact) mass is 490 g/mol. The Morgan fingerprint density at radius 1 is 1.12 bits per heavy atom. The van der Waals surface area contributed by atoms with Crippen molar-refractivity contribution < 1.29 is 27.1 Å². The fraction of sp³-hybridized carbons (Fsp3) is 0.174. The molecule has 33 heavy (non-hydrogen) atoms. The first kappa shape index (κ1) is 23.1. The Balaban J connectivity index is 1.40. The van der Waals surface area contributed by atoms with Gasteiger partial charge in [-0.1, -0.05) is 54.3 Å². The largest absolute Gasteiger partial charge is 0.468 e. The molecular weight excluding hydrogens is 473 g/mol. The van der Waals surface area contributed by atoms with E-state index in [0.29, 0.717) is 39.3 Å². The Morgan fingerprint density at radius 3 is 2.61 bits per heavy atom. The molecule has 0 spiro atoms. The number of aromatic nitrogens is 1. The van der Waals surface area contributed by atoms with Crippen LogP contribution in [0.3, 0.4) is 0 Å². The number of alkyl halides is 3. The van der Waals surface area contributed by atoms with Gasteiger partial charge in [0.05, 0.1) is 4.91 Å². The number of rotatable bonds is 7. The molecule has 2 aromatic heterocycles. The number of ether oxygens (including phenoxy) is 1. The second kappa shape index (κ2) is 9.80. The standard InChI is InChI=1S/C23H17F3N2O3S2/c24-23(25,26)14-30-20-9-6-16(13-27-20)18-8-7-17(31-18)12-19-21(29)28(22(32)33-19)11-10-15-4-2-1-3-5-15/h1-9,12-13H,10-11,14H2/b19-12-. The average molecular weight is 491 g/mol. The van der Waals surface area contributed by atoms with Crippen LogP contribution < -0.4 is 4.74 Å². The molecule has 0 atom stereocenters. The van der Waals surface area contributed by atoms with Crippen LogP contribution in [0.5, 0.6) is 5.88 Å². The van der Waals surface area contributed by atoms with Crippen molar-refractivity contribution in [3.8, 4) is 17.2 Å². The highest BCUT2D eigenvalue weighted by Gasteiger charge is 2.32. The van der Waals surface area contributed by atoms with E-state index in [0.717, 1.165) is 5.56 Å². The van der Waals surface area contributed by atoms with Gasteiger partial charge in [-0.05, 0) is 30.2 Å². The van der Waals surface area contributed by atoms with E-state index in [-0.39, 0.29) is 11.8 Å². The number of benzene rings is 1. The highest BCUT2D eigenvalue weighted by molar-refractivity contribution is 8.26. The third kappa shape index (κ3) is 6.02. The summed E-state index contributed by atoms with van der Waals surface area (Å²) in [6.45, 7) is -0.919. The number of thiocarbonyl (C=S) groups is 1. The number of hydrogen-bond donors (Lipinski definition) is 0. The number of carbonyl (C=O) groups excluding carboxylic acids is 1. The maximum atomic E-state index is 12.8. The number of amides is 1. The maximum Gasteiger partial charge on any atom is 0.422 e. The fourth-order valence-electron chi connectivity index (χ4n) is 3.06. The van der Waals surface area contributed by atoms with Crippen molar-refractivity contribution in [2.24, 2.45) is 0 Å². The van der Waals surface area contributed by atoms with E-state index in [1.165, 1.54) is 24.0 Å². The summed E-state index contributed by atoms with van der Waals surface area (Å²) >= 11 is 6.59. The molecular formula is C23H17F3N2O3S2. The molecule has 1 amide bonds. The fourth-order valence-corrected chi connectivity index (χ4v) is 4.35. The summed E-state index contributed by atoms with van der Waals surface area (Å²) in [4.78, 5) is 18.7. The lowest BCUT2D eigenvalue weighted by molar-refractivity contribution is -0.154. The summed E-state index contributed by atoms with van der Waals surface area (Å²) in [6.07, 6.45) is -0.753. The highest BCUT2D eigenvalue weighted by Crippen LogP contribution is 2.34. The van der Waals surface area contributed by atoms with Crippen LogP contribution in [0.2, 0.25) is 0 Å². The molecule has 0 N–H and O–H groups in total. The number of furan rings is 1. The van der Waals surface area contributed by atoms with Crippen LogP contribution in [-0.2, 0) is 11.2 Å². The van der Waals surface area contributed by atoms with Crippen LogP contribution in [0.25, 0.3) is 17.4 Å². The minimum atomic E-state index is -4.43. The Kier molecular flexibility index (Phi) is 6.85. The first-order chi connectivity index (χ1) is 15.8. The van der Waals surface area contributed by atoms with Gasteiger partial charge in [-0.15, -0.1) is 0 Å². The average Bonchev–Trinajstić information content (AvgIpc) is 3.36. The van der Waals surface area contributed by atoms with Gasteiger partial charge in [0.1, 0.15) is 15.8 Å². The maximum absolute atomic E-state index is 12.8. The van der Waals surface area contributed by atoms with Gasteiger partial charge < -0.3 is 9.15 Å². The van der Waals surface area contributed by atoms with Gasteiger partial charge in [-0.3, -0.25) is 9.69 Å². The lowest BCUT2D eigenvalue weighted by atomic mass is 10.1. The van der Waals surface area contributed by atoms with Crippen LogP contribution in [0.1, 0.15) is 11.3 Å². The van der Waals surface area contributed by atoms with Gasteiger partial charge >= 0.3 is 6.18 Å². The van der Waals surface area contributed by atoms with Crippen LogP contribution in [0, 0.1) is 0 Å². The zero-order chi connectivity index (χ0) is 23.4. The Bertz CT molecular complexity index is 1180. The summed E-state index contributed by atoms with van der Waals surface area (Å²) in [6, 6.07) is 16.1. The van der Waals surface area contributed by atoms with Crippen molar-refractivity contribution in [3.05, 3.63) is 77.0 Å². The third-order valence-electron chi connectivity index (χ3n) is 4.65. The summed E-state index contributed by atoms with van der Waals surface area (Å²) in [5.74, 6) is 0.593. The normalized spacial score (nSPS) is 15.5. The Labute approximate surface area is 197 Å². The molecule has 1 fully saturated rings. The van der Waals surface area contributed by atoms with E-state index >= 15 is 0 Å². The molecule has 0 unspecified atom stereocenters. The number of nitrogens with zero attached hydrogens (tertiary/aromatic N) is 2. The summed E-state index contributed by atoms with van der Waals surface area (Å²) < 4.78 is 47.6. The third-order valence-corrected chi connectivity index (χ3v) is 6.02. The summed E-state index contributed by atoms with van der Waals surface area (Å²) in [5, 5.41) is 0. The van der Waals surface area contributed by atoms with Crippen molar-refractivity contribution in [2.75, 3.05) is 13.2 Å². The lowest BCUT2D eigenvalue weighted by Crippen LogP contribution is -2.30. The second-order valence-corrected chi connectivity index (χ2v) is 8.74. The topological polar surface area (TPSA) is 55.6 Å². The van der Waals surface area contributed by atoms with Gasteiger partial charge in [-0.25, -0.2) is 4.98 Å². The number of carbonyl (C=O) groups is 1. The molecule has 170 valence electrons. The van der Waals surface area contributed by atoms with Gasteiger partial charge in [0.15, 0.2) is 6.61 Å². The molecule has 0 saturated carbocycles. The van der Waals surface area contributed by atoms with E-state index in [1.807, 2.05) is 30.3 Å². The van der Waals surface area contributed by atoms with Gasteiger partial charge in [0.2, 0.25) is 5.88 Å². The van der Waals surface area contributed by atoms with Gasteiger partial charge in [-0.2, -0.15) is 13.2 Å². The van der Waals surface area contributed by atoms with Crippen molar-refractivity contribution >= 4 is 40.3 Å². The minimum absolute atomic E-state index is 0.137. The molecule has 1 aromatic carbocycles. The van der Waals surface area contributed by atoms with Crippen LogP contribution >= 0.6 is 24.0 Å². The SMILES string of the molecule is O=C1/C(=C/c2ccc(-c3ccc(OCC(F)(F)F)nc3)o2)SC(=S)N1CCc1ccccc1. The van der Waals surface area contributed by atoms with Crippen molar-refractivity contribution in [2.45, 2.75) is 12.6 Å². The first-order valence-electron chi connectivity index (χ1n) is 9.83. The van der Waals surface area contributed by atoms with Gasteiger partial charge in [0, 0.05) is 30.4 Å². The van der Waals surface area contributed by atoms with Crippen molar-refractivity contribution in [1.29, 1.82) is 0 Å². The number of hydrogen-bond acceptors (Lipinski definition) is 6. The Hall–Kier alpha value is -3.11. The number of halogens is 3. The molecule has 4 rings (SSSR count). The summed E-state index contributed by atoms with van der Waals surface area (Å²) in [7, 11) is 0. The summed E-state index contributed by atoms with van der Waals surface area (Å²) in [5.41, 5.74) is 1.68. The molecule has 1 saturated heterocycles. The van der Waals surface area contributed by atoms with E-state index < -0.39 is 12.8 Å². The van der Waals surface area contributed by atoms with E-state index in [2.05, 4.69) is 9.72 Å². The van der Waals surface area contributed by atoms with Crippen molar-refractivity contribution in [3.63, 3.8) is 0 Å². The van der Waals surface area contributed by atoms with E-state index in [1.54, 1.807) is 29.2 Å². The van der Waals surface area contributed by atoms with Crippen LogP contribution in [0.15, 0.2) is 70.1 Å². The molecule has 3 aromatic rings. The molecule has 3 heterocycles. The molecule has 0 aliphatic carbocycles. The second-order valence-electron chi connectivity index (χ2n) is 7.06. The van der Waals surface area contributed by atoms with Crippen LogP contribution in [0.4, 0.5) is 13.2 Å². The van der Waals surface area contributed by atoms with E-state index in [9.17, 15) is 18.0 Å². The smallest absolute Gasteiger partial charge is 0.422 e. The number of pyridine rings is 1. The molecule has 10 heteroatoms. The van der Waals surface area contributed by atoms with Gasteiger partial charge in [0.25, 0.3) is 5.91 Å². The Morgan fingerprint density at radius 2 is 1.91 bits per heavy atom. The highest BCUT2D eigenvalue weighted by atomic mass is 32.2. The predicted molar refractivity (Wildman–Crippen MR) is 124 cm³/mol. The molecule has 1 aliphatic rings. The minimum Gasteiger partial charge on any atom is -0.468 e. The first-order valence-corrected chi connectivity index (χ1v) is 11.1. The quantitative estimate of drug-likeness (QED) is 0.312.